The van der Waals surface area contributed by atoms with Gasteiger partial charge >= 0.3 is 5.97 Å². The highest BCUT2D eigenvalue weighted by Crippen LogP contribution is 2.51. The van der Waals surface area contributed by atoms with Crippen LogP contribution in [0, 0.1) is 12.7 Å². The van der Waals surface area contributed by atoms with E-state index in [1.54, 1.807) is 0 Å². The Kier molecular flexibility index (Phi) is 1.96. The maximum atomic E-state index is 13.3. The Morgan fingerprint density at radius 2 is 2.07 bits per heavy atom. The first-order valence-corrected chi connectivity index (χ1v) is 4.70. The van der Waals surface area contributed by atoms with Crippen LogP contribution in [0.15, 0.2) is 12.1 Å². The molecule has 2 rings (SSSR count). The average molecular weight is 210 g/mol. The molecule has 1 saturated carbocycles. The second kappa shape index (κ2) is 2.95. The van der Waals surface area contributed by atoms with Crippen molar-refractivity contribution in [2.24, 2.45) is 0 Å². The van der Waals surface area contributed by atoms with Gasteiger partial charge in [0, 0.05) is 5.56 Å². The van der Waals surface area contributed by atoms with Crippen LogP contribution < -0.4 is 0 Å². The van der Waals surface area contributed by atoms with Crippen molar-refractivity contribution in [1.29, 1.82) is 0 Å². The first-order valence-electron chi connectivity index (χ1n) is 4.70. The van der Waals surface area contributed by atoms with Crippen molar-refractivity contribution in [1.82, 2.24) is 0 Å². The number of aromatic hydroxyl groups is 1. The molecule has 0 heterocycles. The van der Waals surface area contributed by atoms with Crippen LogP contribution in [0.25, 0.3) is 0 Å². The summed E-state index contributed by atoms with van der Waals surface area (Å²) in [6.45, 7) is 1.53. The third-order valence-electron chi connectivity index (χ3n) is 2.95. The smallest absolute Gasteiger partial charge is 0.314 e. The number of benzene rings is 1. The Balaban J connectivity index is 2.54. The molecule has 3 nitrogen and oxygen atoms in total. The van der Waals surface area contributed by atoms with E-state index < -0.39 is 17.2 Å². The molecule has 0 aliphatic heterocycles. The number of hydrogen-bond acceptors (Lipinski definition) is 2. The van der Waals surface area contributed by atoms with Crippen LogP contribution >= 0.6 is 0 Å². The quantitative estimate of drug-likeness (QED) is 0.784. The van der Waals surface area contributed by atoms with Crippen LogP contribution in [0.4, 0.5) is 4.39 Å². The fourth-order valence-corrected chi connectivity index (χ4v) is 1.77. The van der Waals surface area contributed by atoms with Gasteiger partial charge in [-0.25, -0.2) is 4.39 Å². The maximum Gasteiger partial charge on any atom is 0.314 e. The summed E-state index contributed by atoms with van der Waals surface area (Å²) in [5.74, 6) is -1.61. The van der Waals surface area contributed by atoms with Gasteiger partial charge in [0.2, 0.25) is 0 Å². The second-order valence-corrected chi connectivity index (χ2v) is 4.01. The Bertz CT molecular complexity index is 436. The highest BCUT2D eigenvalue weighted by atomic mass is 19.1. The second-order valence-electron chi connectivity index (χ2n) is 4.01. The number of hydrogen-bond donors (Lipinski definition) is 2. The van der Waals surface area contributed by atoms with Crippen LogP contribution in [0.2, 0.25) is 0 Å². The minimum atomic E-state index is -1.06. The normalized spacial score (nSPS) is 17.5. The number of carboxylic acids is 1. The van der Waals surface area contributed by atoms with Crippen LogP contribution in [0.5, 0.6) is 5.75 Å². The van der Waals surface area contributed by atoms with Gasteiger partial charge in [0.1, 0.15) is 11.6 Å². The zero-order valence-corrected chi connectivity index (χ0v) is 8.25. The molecule has 0 saturated heterocycles. The van der Waals surface area contributed by atoms with Gasteiger partial charge in [-0.05, 0) is 37.5 Å². The number of carbonyl (C=O) groups is 1. The van der Waals surface area contributed by atoms with E-state index in [0.717, 1.165) is 6.07 Å². The highest BCUT2D eigenvalue weighted by Gasteiger charge is 2.53. The molecule has 0 amide bonds. The molecule has 0 bridgehead atoms. The fourth-order valence-electron chi connectivity index (χ4n) is 1.77. The molecule has 2 N–H and O–H groups in total. The van der Waals surface area contributed by atoms with Gasteiger partial charge in [-0.3, -0.25) is 4.79 Å². The van der Waals surface area contributed by atoms with Crippen molar-refractivity contribution < 1.29 is 19.4 Å². The topological polar surface area (TPSA) is 57.5 Å². The van der Waals surface area contributed by atoms with Gasteiger partial charge in [-0.1, -0.05) is 0 Å². The lowest BCUT2D eigenvalue weighted by Gasteiger charge is -2.13. The molecule has 15 heavy (non-hydrogen) atoms. The summed E-state index contributed by atoms with van der Waals surface area (Å²) < 4.78 is 13.3. The van der Waals surface area contributed by atoms with E-state index >= 15 is 0 Å². The molecule has 0 atom stereocenters. The Morgan fingerprint density at radius 1 is 1.47 bits per heavy atom. The minimum Gasteiger partial charge on any atom is -0.508 e. The SMILES string of the molecule is Cc1cc(O)c(C2(C(=O)O)CC2)cc1F. The summed E-state index contributed by atoms with van der Waals surface area (Å²) in [7, 11) is 0. The van der Waals surface area contributed by atoms with Gasteiger partial charge in [0.15, 0.2) is 0 Å². The first kappa shape index (κ1) is 9.96. The number of aliphatic carboxylic acids is 1. The Morgan fingerprint density at radius 3 is 2.53 bits per heavy atom. The Hall–Kier alpha value is -1.58. The number of aryl methyl sites for hydroxylation is 1. The molecule has 0 aromatic heterocycles. The van der Waals surface area contributed by atoms with Crippen molar-refractivity contribution in [2.45, 2.75) is 25.2 Å². The van der Waals surface area contributed by atoms with Crippen molar-refractivity contribution in [3.05, 3.63) is 29.1 Å². The lowest BCUT2D eigenvalue weighted by atomic mass is 9.94. The lowest BCUT2D eigenvalue weighted by molar-refractivity contribution is -0.140. The van der Waals surface area contributed by atoms with Crippen LogP contribution in [0.1, 0.15) is 24.0 Å². The monoisotopic (exact) mass is 210 g/mol. The van der Waals surface area contributed by atoms with Gasteiger partial charge in [-0.15, -0.1) is 0 Å². The molecule has 0 unspecified atom stereocenters. The third-order valence-corrected chi connectivity index (χ3v) is 2.95. The Labute approximate surface area is 86.2 Å². The maximum absolute atomic E-state index is 13.3. The third kappa shape index (κ3) is 1.37. The molecule has 1 fully saturated rings. The summed E-state index contributed by atoms with van der Waals surface area (Å²) in [5.41, 5.74) is -0.547. The molecule has 0 radical (unpaired) electrons. The fraction of sp³-hybridized carbons (Fsp3) is 0.364. The number of carboxylic acid groups (broad SMARTS) is 1. The summed E-state index contributed by atoms with van der Waals surface area (Å²) in [6.07, 6.45) is 0.913. The zero-order chi connectivity index (χ0) is 11.2. The summed E-state index contributed by atoms with van der Waals surface area (Å²) in [4.78, 5) is 11.0. The minimum absolute atomic E-state index is 0.131. The van der Waals surface area contributed by atoms with Gasteiger partial charge in [0.05, 0.1) is 5.41 Å². The summed E-state index contributed by atoms with van der Waals surface area (Å²) in [5, 5.41) is 18.6. The predicted molar refractivity (Wildman–Crippen MR) is 51.3 cm³/mol. The van der Waals surface area contributed by atoms with E-state index in [-0.39, 0.29) is 11.3 Å². The van der Waals surface area contributed by atoms with Crippen LogP contribution in [-0.4, -0.2) is 16.2 Å². The van der Waals surface area contributed by atoms with E-state index in [0.29, 0.717) is 18.4 Å². The molecule has 1 aliphatic rings. The van der Waals surface area contributed by atoms with E-state index in [2.05, 4.69) is 0 Å². The summed E-state index contributed by atoms with van der Waals surface area (Å²) in [6, 6.07) is 2.40. The van der Waals surface area contributed by atoms with Gasteiger partial charge < -0.3 is 10.2 Å². The molecular weight excluding hydrogens is 199 g/mol. The van der Waals surface area contributed by atoms with Gasteiger partial charge in [-0.2, -0.15) is 0 Å². The number of halogens is 1. The molecule has 1 aliphatic carbocycles. The molecule has 80 valence electrons. The van der Waals surface area contributed by atoms with Crippen molar-refractivity contribution >= 4 is 5.97 Å². The van der Waals surface area contributed by atoms with Crippen LogP contribution in [-0.2, 0) is 10.2 Å². The van der Waals surface area contributed by atoms with E-state index in [9.17, 15) is 14.3 Å². The van der Waals surface area contributed by atoms with Gasteiger partial charge in [0.25, 0.3) is 0 Å². The molecule has 0 spiro atoms. The van der Waals surface area contributed by atoms with Crippen LogP contribution in [0.3, 0.4) is 0 Å². The van der Waals surface area contributed by atoms with E-state index in [1.165, 1.54) is 13.0 Å². The molecular formula is C11H11FO3. The first-order chi connectivity index (χ1) is 6.97. The molecule has 4 heteroatoms. The summed E-state index contributed by atoms with van der Waals surface area (Å²) >= 11 is 0. The molecule has 1 aromatic rings. The average Bonchev–Trinajstić information content (AvgIpc) is 2.92. The zero-order valence-electron chi connectivity index (χ0n) is 8.25. The number of phenolic OH excluding ortho intramolecular Hbond substituents is 1. The molecule has 1 aromatic carbocycles. The lowest BCUT2D eigenvalue weighted by Crippen LogP contribution is -2.19. The standard InChI is InChI=1S/C11H11FO3/c1-6-4-9(13)7(5-8(6)12)11(2-3-11)10(14)15/h4-5,13H,2-3H2,1H3,(H,14,15). The van der Waals surface area contributed by atoms with E-state index in [1.807, 2.05) is 0 Å². The van der Waals surface area contributed by atoms with Crippen molar-refractivity contribution in [3.63, 3.8) is 0 Å². The largest absolute Gasteiger partial charge is 0.508 e. The number of rotatable bonds is 2. The predicted octanol–water partition coefficient (Wildman–Crippen LogP) is 1.96. The van der Waals surface area contributed by atoms with E-state index in [4.69, 9.17) is 5.11 Å². The van der Waals surface area contributed by atoms with Crippen molar-refractivity contribution in [3.8, 4) is 5.75 Å². The highest BCUT2D eigenvalue weighted by molar-refractivity contribution is 5.86. The van der Waals surface area contributed by atoms with Crippen molar-refractivity contribution in [2.75, 3.05) is 0 Å². The number of phenols is 1.